The monoisotopic (exact) mass is 489 g/mol. The Morgan fingerprint density at radius 1 is 0.711 bits per heavy atom. The van der Waals surface area contributed by atoms with Crippen LogP contribution in [0.15, 0.2) is 119 Å². The zero-order valence-electron chi connectivity index (χ0n) is 20.1. The summed E-state index contributed by atoms with van der Waals surface area (Å²) >= 11 is 0. The summed E-state index contributed by atoms with van der Waals surface area (Å²) in [7, 11) is 0. The number of aromatic amines is 1. The minimum atomic E-state index is -0.477. The highest BCUT2D eigenvalue weighted by Crippen LogP contribution is 2.39. The third kappa shape index (κ3) is 3.40. The molecule has 3 heterocycles. The second-order valence-corrected chi connectivity index (χ2v) is 9.15. The van der Waals surface area contributed by atoms with Gasteiger partial charge in [-0.05, 0) is 40.6 Å². The lowest BCUT2D eigenvalue weighted by Crippen LogP contribution is -2.06. The van der Waals surface area contributed by atoms with E-state index in [9.17, 15) is 10.1 Å². The lowest BCUT2D eigenvalue weighted by atomic mass is 9.91. The zero-order chi connectivity index (χ0) is 25.6. The summed E-state index contributed by atoms with van der Waals surface area (Å²) in [5.41, 5.74) is 5.13. The van der Waals surface area contributed by atoms with E-state index in [0.717, 1.165) is 38.2 Å². The standard InChI is InChI=1S/C33H19N3O2/c34-18-27-25(23-13-7-10-20-8-1-3-11-22(20)23)17-30(26-16-21-9-2-6-15-31(21)38-33(26)37)36-32(27)28-19-35-29-14-5-4-12-24(28)29/h1-17,19,35H. The summed E-state index contributed by atoms with van der Waals surface area (Å²) in [4.78, 5) is 21.4. The number of nitriles is 1. The number of hydrogen-bond donors (Lipinski definition) is 1. The molecule has 0 aliphatic heterocycles. The molecule has 0 aliphatic rings. The maximum atomic E-state index is 13.2. The van der Waals surface area contributed by atoms with Gasteiger partial charge in [0.2, 0.25) is 0 Å². The van der Waals surface area contributed by atoms with Gasteiger partial charge in [0, 0.05) is 33.6 Å². The molecule has 4 aromatic carbocycles. The van der Waals surface area contributed by atoms with Crippen molar-refractivity contribution in [3.05, 3.63) is 125 Å². The molecule has 0 aliphatic carbocycles. The summed E-state index contributed by atoms with van der Waals surface area (Å²) in [6.07, 6.45) is 1.87. The molecule has 7 aromatic rings. The second kappa shape index (κ2) is 8.58. The van der Waals surface area contributed by atoms with Crippen LogP contribution < -0.4 is 5.63 Å². The molecule has 3 aromatic heterocycles. The van der Waals surface area contributed by atoms with Gasteiger partial charge in [0.15, 0.2) is 0 Å². The molecule has 1 N–H and O–H groups in total. The predicted molar refractivity (Wildman–Crippen MR) is 151 cm³/mol. The second-order valence-electron chi connectivity index (χ2n) is 9.15. The van der Waals surface area contributed by atoms with Crippen LogP contribution in [0.2, 0.25) is 0 Å². The normalized spacial score (nSPS) is 11.2. The molecule has 0 unspecified atom stereocenters. The molecule has 178 valence electrons. The Balaban J connectivity index is 1.60. The Morgan fingerprint density at radius 3 is 2.32 bits per heavy atom. The van der Waals surface area contributed by atoms with Crippen LogP contribution in [0, 0.1) is 11.3 Å². The van der Waals surface area contributed by atoms with Crippen molar-refractivity contribution in [2.75, 3.05) is 0 Å². The highest BCUT2D eigenvalue weighted by molar-refractivity contribution is 6.02. The van der Waals surface area contributed by atoms with Gasteiger partial charge >= 0.3 is 5.63 Å². The molecule has 0 spiro atoms. The maximum absolute atomic E-state index is 13.2. The summed E-state index contributed by atoms with van der Waals surface area (Å²) < 4.78 is 5.65. The SMILES string of the molecule is N#Cc1c(-c2cccc3ccccc23)cc(-c2cc3ccccc3oc2=O)nc1-c1c[nH]c2ccccc12. The molecule has 0 radical (unpaired) electrons. The molecular weight excluding hydrogens is 470 g/mol. The number of rotatable bonds is 3. The van der Waals surface area contributed by atoms with Crippen LogP contribution >= 0.6 is 0 Å². The highest BCUT2D eigenvalue weighted by Gasteiger charge is 2.21. The summed E-state index contributed by atoms with van der Waals surface area (Å²) in [5.74, 6) is 0. The molecule has 0 saturated carbocycles. The van der Waals surface area contributed by atoms with Crippen LogP contribution in [-0.2, 0) is 0 Å². The van der Waals surface area contributed by atoms with Crippen molar-refractivity contribution < 1.29 is 4.42 Å². The van der Waals surface area contributed by atoms with Gasteiger partial charge in [-0.1, -0.05) is 78.9 Å². The van der Waals surface area contributed by atoms with Crippen LogP contribution in [0.3, 0.4) is 0 Å². The van der Waals surface area contributed by atoms with Crippen LogP contribution in [0.5, 0.6) is 0 Å². The Kier molecular flexibility index (Phi) is 4.92. The molecular formula is C33H19N3O2. The van der Waals surface area contributed by atoms with Crippen LogP contribution in [-0.4, -0.2) is 9.97 Å². The number of benzene rings is 4. The summed E-state index contributed by atoms with van der Waals surface area (Å²) in [6.45, 7) is 0. The lowest BCUT2D eigenvalue weighted by molar-refractivity contribution is 0.563. The number of fused-ring (bicyclic) bond motifs is 3. The highest BCUT2D eigenvalue weighted by atomic mass is 16.4. The zero-order valence-corrected chi connectivity index (χ0v) is 20.1. The van der Waals surface area contributed by atoms with Crippen molar-refractivity contribution in [3.8, 4) is 39.7 Å². The number of H-pyrrole nitrogens is 1. The van der Waals surface area contributed by atoms with Crippen LogP contribution in [0.25, 0.3) is 66.3 Å². The van der Waals surface area contributed by atoms with Crippen molar-refractivity contribution >= 4 is 32.6 Å². The fourth-order valence-corrected chi connectivity index (χ4v) is 5.17. The Bertz CT molecular complexity index is 2120. The first-order valence-electron chi connectivity index (χ1n) is 12.2. The number of hydrogen-bond acceptors (Lipinski definition) is 4. The van der Waals surface area contributed by atoms with E-state index in [1.807, 2.05) is 97.2 Å². The van der Waals surface area contributed by atoms with E-state index >= 15 is 0 Å². The largest absolute Gasteiger partial charge is 0.422 e. The van der Waals surface area contributed by atoms with Gasteiger partial charge in [-0.15, -0.1) is 0 Å². The molecule has 5 heteroatoms. The van der Waals surface area contributed by atoms with Gasteiger partial charge in [0.1, 0.15) is 11.7 Å². The average Bonchev–Trinajstić information content (AvgIpc) is 3.40. The van der Waals surface area contributed by atoms with Gasteiger partial charge in [0.25, 0.3) is 0 Å². The van der Waals surface area contributed by atoms with E-state index < -0.39 is 5.63 Å². The third-order valence-electron chi connectivity index (χ3n) is 6.97. The molecule has 0 amide bonds. The van der Waals surface area contributed by atoms with Gasteiger partial charge in [-0.2, -0.15) is 5.26 Å². The maximum Gasteiger partial charge on any atom is 0.345 e. The van der Waals surface area contributed by atoms with Crippen molar-refractivity contribution in [2.45, 2.75) is 0 Å². The minimum Gasteiger partial charge on any atom is -0.422 e. The van der Waals surface area contributed by atoms with E-state index in [4.69, 9.17) is 9.40 Å². The molecule has 0 saturated heterocycles. The number of aromatic nitrogens is 2. The Labute approximate surface area is 217 Å². The molecule has 0 fully saturated rings. The fourth-order valence-electron chi connectivity index (χ4n) is 5.17. The summed E-state index contributed by atoms with van der Waals surface area (Å²) in [6, 6.07) is 35.5. The number of pyridine rings is 1. The van der Waals surface area contributed by atoms with E-state index in [1.54, 1.807) is 12.1 Å². The first-order chi connectivity index (χ1) is 18.7. The van der Waals surface area contributed by atoms with Gasteiger partial charge in [-0.3, -0.25) is 0 Å². The molecule has 7 rings (SSSR count). The summed E-state index contributed by atoms with van der Waals surface area (Å²) in [5, 5.41) is 14.3. The van der Waals surface area contributed by atoms with E-state index in [2.05, 4.69) is 11.1 Å². The van der Waals surface area contributed by atoms with Gasteiger partial charge in [0.05, 0.1) is 22.5 Å². The quantitative estimate of drug-likeness (QED) is 0.258. The number of nitrogens with zero attached hydrogens (tertiary/aromatic N) is 2. The van der Waals surface area contributed by atoms with E-state index in [1.165, 1.54) is 0 Å². The van der Waals surface area contributed by atoms with E-state index in [0.29, 0.717) is 33.7 Å². The van der Waals surface area contributed by atoms with Crippen molar-refractivity contribution in [1.29, 1.82) is 5.26 Å². The Morgan fingerprint density at radius 2 is 1.45 bits per heavy atom. The average molecular weight is 490 g/mol. The first-order valence-corrected chi connectivity index (χ1v) is 12.2. The first kappa shape index (κ1) is 21.8. The smallest absolute Gasteiger partial charge is 0.345 e. The minimum absolute atomic E-state index is 0.343. The number of para-hydroxylation sites is 2. The van der Waals surface area contributed by atoms with E-state index in [-0.39, 0.29) is 0 Å². The van der Waals surface area contributed by atoms with Crippen molar-refractivity contribution in [1.82, 2.24) is 9.97 Å². The van der Waals surface area contributed by atoms with Gasteiger partial charge in [-0.25, -0.2) is 9.78 Å². The van der Waals surface area contributed by atoms with Gasteiger partial charge < -0.3 is 9.40 Å². The van der Waals surface area contributed by atoms with Crippen molar-refractivity contribution in [2.24, 2.45) is 0 Å². The van der Waals surface area contributed by atoms with Crippen LogP contribution in [0.1, 0.15) is 5.56 Å². The van der Waals surface area contributed by atoms with Crippen LogP contribution in [0.4, 0.5) is 0 Å². The fraction of sp³-hybridized carbons (Fsp3) is 0. The topological polar surface area (TPSA) is 82.7 Å². The molecule has 0 bridgehead atoms. The molecule has 38 heavy (non-hydrogen) atoms. The lowest BCUT2D eigenvalue weighted by Gasteiger charge is -2.14. The predicted octanol–water partition coefficient (Wildman–Crippen LogP) is 7.70. The Hall–Kier alpha value is -5.47. The van der Waals surface area contributed by atoms with Crippen molar-refractivity contribution in [3.63, 3.8) is 0 Å². The third-order valence-corrected chi connectivity index (χ3v) is 6.97. The molecule has 0 atom stereocenters. The molecule has 5 nitrogen and oxygen atoms in total. The number of nitrogens with one attached hydrogen (secondary N) is 1.